The van der Waals surface area contributed by atoms with E-state index >= 15 is 0 Å². The molecule has 1 N–H and O–H groups in total. The summed E-state index contributed by atoms with van der Waals surface area (Å²) in [5, 5.41) is 8.92. The molecule has 0 radical (unpaired) electrons. The van der Waals surface area contributed by atoms with E-state index in [1.165, 1.54) is 0 Å². The Hall–Kier alpha value is -1.55. The molecule has 0 aliphatic rings. The molecule has 0 atom stereocenters. The summed E-state index contributed by atoms with van der Waals surface area (Å²) in [6.07, 6.45) is 0.276. The topological polar surface area (TPSA) is 55.5 Å². The van der Waals surface area contributed by atoms with Crippen LogP contribution in [-0.4, -0.2) is 16.7 Å². The molecular weight excluding hydrogens is 182 g/mol. The highest BCUT2D eigenvalue weighted by Gasteiger charge is 2.06. The summed E-state index contributed by atoms with van der Waals surface area (Å²) in [6, 6.07) is 5.35. The summed E-state index contributed by atoms with van der Waals surface area (Å²) in [5.74, 6) is 0. The molecule has 74 valence electrons. The van der Waals surface area contributed by atoms with E-state index in [1.807, 2.05) is 6.92 Å². The SMILES string of the molecule is CCOc1nc2cc(CO)ccc2o1. The lowest BCUT2D eigenvalue weighted by Crippen LogP contribution is -1.90. The van der Waals surface area contributed by atoms with Crippen molar-refractivity contribution in [2.45, 2.75) is 13.5 Å². The van der Waals surface area contributed by atoms with Gasteiger partial charge in [-0.3, -0.25) is 0 Å². The van der Waals surface area contributed by atoms with Gasteiger partial charge in [0.05, 0.1) is 13.2 Å². The number of fused-ring (bicyclic) bond motifs is 1. The molecule has 0 spiro atoms. The lowest BCUT2D eigenvalue weighted by atomic mass is 10.2. The van der Waals surface area contributed by atoms with Crippen LogP contribution < -0.4 is 4.74 Å². The van der Waals surface area contributed by atoms with E-state index in [1.54, 1.807) is 18.2 Å². The van der Waals surface area contributed by atoms with Crippen LogP contribution in [-0.2, 0) is 6.61 Å². The number of aliphatic hydroxyl groups is 1. The maximum absolute atomic E-state index is 8.92. The predicted octanol–water partition coefficient (Wildman–Crippen LogP) is 1.72. The smallest absolute Gasteiger partial charge is 0.394 e. The number of hydrogen-bond acceptors (Lipinski definition) is 4. The molecule has 0 aliphatic carbocycles. The van der Waals surface area contributed by atoms with Crippen molar-refractivity contribution >= 4 is 11.1 Å². The van der Waals surface area contributed by atoms with Gasteiger partial charge in [-0.2, -0.15) is 4.98 Å². The van der Waals surface area contributed by atoms with Gasteiger partial charge in [0.15, 0.2) is 5.58 Å². The Morgan fingerprint density at radius 1 is 1.50 bits per heavy atom. The Kier molecular flexibility index (Phi) is 2.37. The van der Waals surface area contributed by atoms with E-state index in [0.717, 1.165) is 5.56 Å². The largest absolute Gasteiger partial charge is 0.450 e. The molecule has 0 amide bonds. The van der Waals surface area contributed by atoms with Gasteiger partial charge in [0, 0.05) is 0 Å². The van der Waals surface area contributed by atoms with Crippen molar-refractivity contribution in [3.05, 3.63) is 23.8 Å². The van der Waals surface area contributed by atoms with Gasteiger partial charge in [0.25, 0.3) is 0 Å². The van der Waals surface area contributed by atoms with Gasteiger partial charge in [-0.25, -0.2) is 0 Å². The summed E-state index contributed by atoms with van der Waals surface area (Å²) in [7, 11) is 0. The molecule has 0 saturated heterocycles. The fourth-order valence-electron chi connectivity index (χ4n) is 1.24. The van der Waals surface area contributed by atoms with E-state index in [4.69, 9.17) is 14.3 Å². The Bertz CT molecular complexity index is 436. The van der Waals surface area contributed by atoms with Crippen molar-refractivity contribution in [3.63, 3.8) is 0 Å². The summed E-state index contributed by atoms with van der Waals surface area (Å²) in [4.78, 5) is 4.11. The summed E-state index contributed by atoms with van der Waals surface area (Å²) in [6.45, 7) is 2.40. The number of rotatable bonds is 3. The minimum atomic E-state index is 0.00671. The molecule has 4 heteroatoms. The zero-order valence-electron chi connectivity index (χ0n) is 7.86. The van der Waals surface area contributed by atoms with Crippen molar-refractivity contribution in [2.75, 3.05) is 6.61 Å². The maximum atomic E-state index is 8.92. The van der Waals surface area contributed by atoms with Crippen molar-refractivity contribution in [1.82, 2.24) is 4.98 Å². The molecule has 0 fully saturated rings. The van der Waals surface area contributed by atoms with Gasteiger partial charge in [-0.15, -0.1) is 0 Å². The van der Waals surface area contributed by atoms with Crippen LogP contribution in [0.15, 0.2) is 22.6 Å². The monoisotopic (exact) mass is 193 g/mol. The van der Waals surface area contributed by atoms with E-state index in [2.05, 4.69) is 4.98 Å². The summed E-state index contributed by atoms with van der Waals surface area (Å²) < 4.78 is 10.4. The van der Waals surface area contributed by atoms with Crippen molar-refractivity contribution in [2.24, 2.45) is 0 Å². The summed E-state index contributed by atoms with van der Waals surface area (Å²) >= 11 is 0. The molecule has 2 rings (SSSR count). The second-order valence-electron chi connectivity index (χ2n) is 2.87. The van der Waals surface area contributed by atoms with Crippen LogP contribution >= 0.6 is 0 Å². The highest BCUT2D eigenvalue weighted by atomic mass is 16.6. The summed E-state index contributed by atoms with van der Waals surface area (Å²) in [5.41, 5.74) is 2.19. The first-order valence-electron chi connectivity index (χ1n) is 4.46. The van der Waals surface area contributed by atoms with Gasteiger partial charge in [-0.05, 0) is 24.6 Å². The van der Waals surface area contributed by atoms with Gasteiger partial charge in [0.1, 0.15) is 5.52 Å². The Labute approximate surface area is 81.1 Å². The van der Waals surface area contributed by atoms with Crippen LogP contribution in [0.5, 0.6) is 6.08 Å². The van der Waals surface area contributed by atoms with Gasteiger partial charge < -0.3 is 14.3 Å². The van der Waals surface area contributed by atoms with E-state index in [-0.39, 0.29) is 12.7 Å². The highest BCUT2D eigenvalue weighted by Crippen LogP contribution is 2.21. The number of benzene rings is 1. The van der Waals surface area contributed by atoms with Crippen molar-refractivity contribution in [1.29, 1.82) is 0 Å². The molecular formula is C10H11NO3. The molecule has 1 aromatic heterocycles. The van der Waals surface area contributed by atoms with E-state index in [9.17, 15) is 0 Å². The highest BCUT2D eigenvalue weighted by molar-refractivity contribution is 5.73. The van der Waals surface area contributed by atoms with E-state index < -0.39 is 0 Å². The van der Waals surface area contributed by atoms with Crippen LogP contribution in [0.1, 0.15) is 12.5 Å². The van der Waals surface area contributed by atoms with Gasteiger partial charge in [0.2, 0.25) is 0 Å². The fourth-order valence-corrected chi connectivity index (χ4v) is 1.24. The second kappa shape index (κ2) is 3.67. The minimum Gasteiger partial charge on any atom is -0.450 e. The van der Waals surface area contributed by atoms with Gasteiger partial charge in [-0.1, -0.05) is 6.07 Å². The average molecular weight is 193 g/mol. The first-order valence-corrected chi connectivity index (χ1v) is 4.46. The van der Waals surface area contributed by atoms with Crippen LogP contribution in [0, 0.1) is 0 Å². The lowest BCUT2D eigenvalue weighted by Gasteiger charge is -1.92. The van der Waals surface area contributed by atoms with E-state index in [0.29, 0.717) is 17.7 Å². The Morgan fingerprint density at radius 3 is 3.07 bits per heavy atom. The predicted molar refractivity (Wildman–Crippen MR) is 51.1 cm³/mol. The number of hydrogen-bond donors (Lipinski definition) is 1. The molecule has 0 aliphatic heterocycles. The standard InChI is InChI=1S/C10H11NO3/c1-2-13-10-11-8-5-7(6-12)3-4-9(8)14-10/h3-5,12H,2,6H2,1H3. The van der Waals surface area contributed by atoms with Gasteiger partial charge >= 0.3 is 6.08 Å². The number of ether oxygens (including phenoxy) is 1. The van der Waals surface area contributed by atoms with Crippen LogP contribution in [0.2, 0.25) is 0 Å². The molecule has 14 heavy (non-hydrogen) atoms. The number of oxazole rings is 1. The Balaban J connectivity index is 2.43. The lowest BCUT2D eigenvalue weighted by molar-refractivity contribution is 0.251. The average Bonchev–Trinajstić information content (AvgIpc) is 2.59. The van der Waals surface area contributed by atoms with Crippen LogP contribution in [0.3, 0.4) is 0 Å². The van der Waals surface area contributed by atoms with Crippen LogP contribution in [0.4, 0.5) is 0 Å². The third kappa shape index (κ3) is 1.56. The zero-order valence-corrected chi connectivity index (χ0v) is 7.86. The Morgan fingerprint density at radius 2 is 2.36 bits per heavy atom. The molecule has 0 unspecified atom stereocenters. The molecule has 1 aromatic carbocycles. The third-order valence-corrected chi connectivity index (χ3v) is 1.88. The quantitative estimate of drug-likeness (QED) is 0.806. The number of aliphatic hydroxyl groups excluding tert-OH is 1. The third-order valence-electron chi connectivity index (χ3n) is 1.88. The maximum Gasteiger partial charge on any atom is 0.394 e. The zero-order chi connectivity index (χ0) is 9.97. The normalized spacial score (nSPS) is 10.7. The van der Waals surface area contributed by atoms with Crippen molar-refractivity contribution < 1.29 is 14.3 Å². The molecule has 1 heterocycles. The molecule has 2 aromatic rings. The van der Waals surface area contributed by atoms with Crippen molar-refractivity contribution in [3.8, 4) is 6.08 Å². The van der Waals surface area contributed by atoms with Crippen LogP contribution in [0.25, 0.3) is 11.1 Å². The first-order chi connectivity index (χ1) is 6.83. The molecule has 0 bridgehead atoms. The first kappa shape index (κ1) is 9.02. The molecule has 4 nitrogen and oxygen atoms in total. The second-order valence-corrected chi connectivity index (χ2v) is 2.87. The number of nitrogens with zero attached hydrogens (tertiary/aromatic N) is 1. The molecule has 0 saturated carbocycles. The number of aromatic nitrogens is 1. The minimum absolute atomic E-state index is 0.00671. The fraction of sp³-hybridized carbons (Fsp3) is 0.300.